The molecule has 0 aromatic heterocycles. The van der Waals surface area contributed by atoms with Crippen LogP contribution in [0.5, 0.6) is 0 Å². The highest BCUT2D eigenvalue weighted by atomic mass is 32.2. The van der Waals surface area contributed by atoms with Gasteiger partial charge < -0.3 is 5.73 Å². The molecule has 4 nitrogen and oxygen atoms in total. The lowest BCUT2D eigenvalue weighted by Crippen LogP contribution is -2.16. The van der Waals surface area contributed by atoms with E-state index in [9.17, 15) is 13.2 Å². The molecule has 1 unspecified atom stereocenters. The van der Waals surface area contributed by atoms with Gasteiger partial charge in [0.2, 0.25) is 0 Å². The highest BCUT2D eigenvalue weighted by Gasteiger charge is 2.12. The summed E-state index contributed by atoms with van der Waals surface area (Å²) in [6.45, 7) is 2.33. The van der Waals surface area contributed by atoms with E-state index in [4.69, 9.17) is 5.73 Å². The zero-order valence-corrected chi connectivity index (χ0v) is 9.64. The minimum atomic E-state index is -2.93. The van der Waals surface area contributed by atoms with Gasteiger partial charge in [-0.2, -0.15) is 0 Å². The van der Waals surface area contributed by atoms with Crippen molar-refractivity contribution in [3.05, 3.63) is 0 Å². The number of sulfone groups is 1. The molecule has 84 valence electrons. The molecule has 0 rings (SSSR count). The normalized spacial score (nSPS) is 13.9. The van der Waals surface area contributed by atoms with E-state index in [-0.39, 0.29) is 17.5 Å². The van der Waals surface area contributed by atoms with Crippen molar-refractivity contribution in [3.63, 3.8) is 0 Å². The largest absolute Gasteiger partial charge is 0.330 e. The molecule has 0 saturated heterocycles. The molecular formula is C9H19NO3S. The Hall–Kier alpha value is -0.420. The zero-order valence-electron chi connectivity index (χ0n) is 8.82. The van der Waals surface area contributed by atoms with Crippen LogP contribution in [-0.2, 0) is 14.6 Å². The maximum atomic E-state index is 11.4. The van der Waals surface area contributed by atoms with Crippen molar-refractivity contribution in [2.24, 2.45) is 11.7 Å². The minimum Gasteiger partial charge on any atom is -0.330 e. The first kappa shape index (κ1) is 13.6. The van der Waals surface area contributed by atoms with Crippen molar-refractivity contribution in [2.75, 3.05) is 18.6 Å². The Morgan fingerprint density at radius 1 is 1.43 bits per heavy atom. The van der Waals surface area contributed by atoms with E-state index in [1.165, 1.54) is 6.26 Å². The first-order chi connectivity index (χ1) is 6.37. The summed E-state index contributed by atoms with van der Waals surface area (Å²) in [7, 11) is -2.93. The van der Waals surface area contributed by atoms with Crippen LogP contribution in [0.4, 0.5) is 0 Å². The topological polar surface area (TPSA) is 77.2 Å². The van der Waals surface area contributed by atoms with Crippen LogP contribution >= 0.6 is 0 Å². The van der Waals surface area contributed by atoms with Crippen molar-refractivity contribution in [3.8, 4) is 0 Å². The summed E-state index contributed by atoms with van der Waals surface area (Å²) >= 11 is 0. The lowest BCUT2D eigenvalue weighted by atomic mass is 9.99. The van der Waals surface area contributed by atoms with Crippen LogP contribution < -0.4 is 5.73 Å². The van der Waals surface area contributed by atoms with Gasteiger partial charge in [-0.15, -0.1) is 0 Å². The van der Waals surface area contributed by atoms with Gasteiger partial charge in [0, 0.05) is 18.6 Å². The van der Waals surface area contributed by atoms with Gasteiger partial charge >= 0.3 is 0 Å². The van der Waals surface area contributed by atoms with E-state index in [0.29, 0.717) is 25.8 Å². The number of Topliss-reactive ketones (excluding diaryl/α,β-unsaturated/α-hetero) is 1. The summed E-state index contributed by atoms with van der Waals surface area (Å²) in [5, 5.41) is 0. The van der Waals surface area contributed by atoms with Crippen LogP contribution in [0.2, 0.25) is 0 Å². The Bertz CT molecular complexity index is 272. The number of nitrogens with two attached hydrogens (primary N) is 1. The van der Waals surface area contributed by atoms with Crippen LogP contribution in [0.15, 0.2) is 0 Å². The van der Waals surface area contributed by atoms with E-state index in [1.807, 2.05) is 6.92 Å². The molecule has 0 heterocycles. The first-order valence-corrected chi connectivity index (χ1v) is 6.83. The smallest absolute Gasteiger partial charge is 0.147 e. The predicted molar refractivity (Wildman–Crippen MR) is 56.8 cm³/mol. The number of rotatable bonds is 7. The molecule has 0 radical (unpaired) electrons. The lowest BCUT2D eigenvalue weighted by molar-refractivity contribution is -0.122. The molecule has 0 bridgehead atoms. The highest BCUT2D eigenvalue weighted by Crippen LogP contribution is 2.07. The summed E-state index contributed by atoms with van der Waals surface area (Å²) < 4.78 is 21.6. The lowest BCUT2D eigenvalue weighted by Gasteiger charge is -2.07. The zero-order chi connectivity index (χ0) is 11.2. The molecule has 14 heavy (non-hydrogen) atoms. The Balaban J connectivity index is 3.75. The molecule has 0 aliphatic rings. The quantitative estimate of drug-likeness (QED) is 0.673. The maximum absolute atomic E-state index is 11.4. The average molecular weight is 221 g/mol. The summed E-state index contributed by atoms with van der Waals surface area (Å²) in [6, 6.07) is 0. The Morgan fingerprint density at radius 3 is 2.43 bits per heavy atom. The van der Waals surface area contributed by atoms with Gasteiger partial charge in [-0.05, 0) is 19.4 Å². The molecule has 0 amide bonds. The molecule has 0 aliphatic carbocycles. The molecule has 2 N–H and O–H groups in total. The van der Waals surface area contributed by atoms with Gasteiger partial charge in [0.25, 0.3) is 0 Å². The Morgan fingerprint density at radius 2 is 2.00 bits per heavy atom. The van der Waals surface area contributed by atoms with Crippen molar-refractivity contribution < 1.29 is 13.2 Å². The molecular weight excluding hydrogens is 202 g/mol. The van der Waals surface area contributed by atoms with Gasteiger partial charge in [-0.1, -0.05) is 6.92 Å². The van der Waals surface area contributed by atoms with Crippen LogP contribution in [-0.4, -0.2) is 32.8 Å². The first-order valence-electron chi connectivity index (χ1n) is 4.77. The monoisotopic (exact) mass is 221 g/mol. The summed E-state index contributed by atoms with van der Waals surface area (Å²) in [5.41, 5.74) is 5.32. The van der Waals surface area contributed by atoms with Gasteiger partial charge in [-0.25, -0.2) is 8.42 Å². The SMILES string of the molecule is CC(CCN)C(=O)CCCS(C)(=O)=O. The number of ketones is 1. The number of hydrogen-bond acceptors (Lipinski definition) is 4. The third-order valence-electron chi connectivity index (χ3n) is 2.09. The van der Waals surface area contributed by atoms with Crippen molar-refractivity contribution in [2.45, 2.75) is 26.2 Å². The Labute approximate surface area is 85.8 Å². The standard InChI is InChI=1S/C9H19NO3S/c1-8(5-6-10)9(11)4-3-7-14(2,12)13/h8H,3-7,10H2,1-2H3. The molecule has 0 saturated carbocycles. The van der Waals surface area contributed by atoms with Gasteiger partial charge in [0.05, 0.1) is 5.75 Å². The van der Waals surface area contributed by atoms with Gasteiger partial charge in [0.1, 0.15) is 15.6 Å². The third-order valence-corrected chi connectivity index (χ3v) is 3.12. The molecule has 5 heteroatoms. The van der Waals surface area contributed by atoms with Crippen LogP contribution in [0, 0.1) is 5.92 Å². The van der Waals surface area contributed by atoms with Crippen molar-refractivity contribution >= 4 is 15.6 Å². The molecule has 0 aromatic rings. The second-order valence-corrected chi connectivity index (χ2v) is 5.94. The number of carbonyl (C=O) groups excluding carboxylic acids is 1. The van der Waals surface area contributed by atoms with E-state index in [0.717, 1.165) is 0 Å². The number of carbonyl (C=O) groups is 1. The molecule has 0 spiro atoms. The van der Waals surface area contributed by atoms with Crippen LogP contribution in [0.1, 0.15) is 26.2 Å². The van der Waals surface area contributed by atoms with E-state index in [1.54, 1.807) is 0 Å². The van der Waals surface area contributed by atoms with Gasteiger partial charge in [0.15, 0.2) is 0 Å². The highest BCUT2D eigenvalue weighted by molar-refractivity contribution is 7.90. The Kier molecular flexibility index (Phi) is 5.95. The third kappa shape index (κ3) is 7.03. The van der Waals surface area contributed by atoms with Gasteiger partial charge in [-0.3, -0.25) is 4.79 Å². The van der Waals surface area contributed by atoms with Crippen LogP contribution in [0.3, 0.4) is 0 Å². The van der Waals surface area contributed by atoms with Crippen molar-refractivity contribution in [1.82, 2.24) is 0 Å². The minimum absolute atomic E-state index is 0.0421. The molecule has 0 aliphatic heterocycles. The van der Waals surface area contributed by atoms with E-state index < -0.39 is 9.84 Å². The maximum Gasteiger partial charge on any atom is 0.147 e. The fourth-order valence-electron chi connectivity index (χ4n) is 1.17. The summed E-state index contributed by atoms with van der Waals surface area (Å²) in [4.78, 5) is 11.4. The summed E-state index contributed by atoms with van der Waals surface area (Å²) in [5.74, 6) is 0.160. The second-order valence-electron chi connectivity index (χ2n) is 3.68. The molecule has 0 aromatic carbocycles. The van der Waals surface area contributed by atoms with E-state index >= 15 is 0 Å². The summed E-state index contributed by atoms with van der Waals surface area (Å²) in [6.07, 6.45) is 2.62. The number of hydrogen-bond donors (Lipinski definition) is 1. The molecule has 1 atom stereocenters. The fourth-order valence-corrected chi connectivity index (χ4v) is 1.83. The van der Waals surface area contributed by atoms with Crippen molar-refractivity contribution in [1.29, 1.82) is 0 Å². The van der Waals surface area contributed by atoms with Crippen LogP contribution in [0.25, 0.3) is 0 Å². The predicted octanol–water partition coefficient (Wildman–Crippen LogP) is 0.365. The fraction of sp³-hybridized carbons (Fsp3) is 0.889. The average Bonchev–Trinajstić information content (AvgIpc) is 2.02. The second kappa shape index (κ2) is 6.14. The van der Waals surface area contributed by atoms with E-state index in [2.05, 4.69) is 0 Å². The molecule has 0 fully saturated rings.